The smallest absolute Gasteiger partial charge is 0.240 e. The lowest BCUT2D eigenvalue weighted by Gasteiger charge is -2.24. The summed E-state index contributed by atoms with van der Waals surface area (Å²) < 4.78 is 30.7. The fourth-order valence-corrected chi connectivity index (χ4v) is 2.78. The van der Waals surface area contributed by atoms with Crippen LogP contribution in [0.4, 0.5) is 5.69 Å². The molecule has 1 N–H and O–H groups in total. The summed E-state index contributed by atoms with van der Waals surface area (Å²) in [5.41, 5.74) is 0.439. The molecule has 0 saturated heterocycles. The van der Waals surface area contributed by atoms with Gasteiger partial charge < -0.3 is 10.1 Å². The monoisotopic (exact) mass is 356 g/mol. The SMILES string of the molecule is CCCOc1ccc(N(CC(=O)N[C@@H](C)C(C)C)S(C)(=O)=O)cc1. The minimum absolute atomic E-state index is 0.0243. The molecule has 0 aliphatic heterocycles. The second-order valence-corrected chi connectivity index (χ2v) is 8.12. The van der Waals surface area contributed by atoms with Crippen molar-refractivity contribution in [1.82, 2.24) is 5.32 Å². The Balaban J connectivity index is 2.88. The van der Waals surface area contributed by atoms with E-state index in [9.17, 15) is 13.2 Å². The molecule has 7 heteroatoms. The molecule has 1 aromatic carbocycles. The number of hydrogen-bond acceptors (Lipinski definition) is 4. The van der Waals surface area contributed by atoms with Crippen molar-refractivity contribution in [3.63, 3.8) is 0 Å². The topological polar surface area (TPSA) is 75.7 Å². The van der Waals surface area contributed by atoms with E-state index in [2.05, 4.69) is 5.32 Å². The first-order valence-corrected chi connectivity index (χ1v) is 10.00. The molecule has 0 aliphatic rings. The summed E-state index contributed by atoms with van der Waals surface area (Å²) in [6.07, 6.45) is 1.99. The van der Waals surface area contributed by atoms with E-state index in [1.807, 2.05) is 27.7 Å². The van der Waals surface area contributed by atoms with Crippen molar-refractivity contribution in [3.05, 3.63) is 24.3 Å². The van der Waals surface area contributed by atoms with E-state index in [4.69, 9.17) is 4.74 Å². The fourth-order valence-electron chi connectivity index (χ4n) is 1.93. The Morgan fingerprint density at radius 1 is 1.21 bits per heavy atom. The Kier molecular flexibility index (Phi) is 7.54. The van der Waals surface area contributed by atoms with Gasteiger partial charge in [-0.15, -0.1) is 0 Å². The molecule has 0 aliphatic carbocycles. The summed E-state index contributed by atoms with van der Waals surface area (Å²) in [5.74, 6) is 0.621. The number of carbonyl (C=O) groups is 1. The molecule has 1 amide bonds. The third-order valence-electron chi connectivity index (χ3n) is 3.67. The summed E-state index contributed by atoms with van der Waals surface area (Å²) in [6.45, 7) is 8.25. The van der Waals surface area contributed by atoms with Gasteiger partial charge in [-0.05, 0) is 43.5 Å². The molecular weight excluding hydrogens is 328 g/mol. The van der Waals surface area contributed by atoms with Crippen LogP contribution in [0.3, 0.4) is 0 Å². The lowest BCUT2D eigenvalue weighted by Crippen LogP contribution is -2.44. The summed E-state index contributed by atoms with van der Waals surface area (Å²) >= 11 is 0. The van der Waals surface area contributed by atoms with Crippen LogP contribution in [-0.2, 0) is 14.8 Å². The van der Waals surface area contributed by atoms with Gasteiger partial charge >= 0.3 is 0 Å². The maximum absolute atomic E-state index is 12.2. The summed E-state index contributed by atoms with van der Waals surface area (Å²) in [4.78, 5) is 12.2. The van der Waals surface area contributed by atoms with E-state index >= 15 is 0 Å². The van der Waals surface area contributed by atoms with Crippen LogP contribution in [0.25, 0.3) is 0 Å². The predicted molar refractivity (Wildman–Crippen MR) is 96.9 cm³/mol. The normalized spacial score (nSPS) is 12.8. The van der Waals surface area contributed by atoms with Gasteiger partial charge in [-0.2, -0.15) is 0 Å². The number of nitrogens with zero attached hydrogens (tertiary/aromatic N) is 1. The molecule has 0 unspecified atom stereocenters. The molecule has 1 atom stereocenters. The van der Waals surface area contributed by atoms with Crippen molar-refractivity contribution >= 4 is 21.6 Å². The van der Waals surface area contributed by atoms with Crippen LogP contribution in [0.2, 0.25) is 0 Å². The van der Waals surface area contributed by atoms with Crippen molar-refractivity contribution in [1.29, 1.82) is 0 Å². The highest BCUT2D eigenvalue weighted by molar-refractivity contribution is 7.92. The van der Waals surface area contributed by atoms with Gasteiger partial charge in [0, 0.05) is 6.04 Å². The predicted octanol–water partition coefficient (Wildman–Crippen LogP) is 2.40. The summed E-state index contributed by atoms with van der Waals surface area (Å²) in [6, 6.07) is 6.68. The first kappa shape index (κ1) is 20.3. The Morgan fingerprint density at radius 3 is 2.25 bits per heavy atom. The van der Waals surface area contributed by atoms with Crippen LogP contribution in [0.5, 0.6) is 5.75 Å². The van der Waals surface area contributed by atoms with Crippen molar-refractivity contribution < 1.29 is 17.9 Å². The maximum atomic E-state index is 12.2. The van der Waals surface area contributed by atoms with Crippen molar-refractivity contribution in [2.75, 3.05) is 23.7 Å². The molecular formula is C17H28N2O4S. The first-order valence-electron chi connectivity index (χ1n) is 8.15. The number of carbonyl (C=O) groups excluding carboxylic acids is 1. The molecule has 0 bridgehead atoms. The van der Waals surface area contributed by atoms with Crippen molar-refractivity contribution in [2.45, 2.75) is 40.2 Å². The lowest BCUT2D eigenvalue weighted by molar-refractivity contribution is -0.120. The van der Waals surface area contributed by atoms with Gasteiger partial charge in [0.15, 0.2) is 0 Å². The largest absolute Gasteiger partial charge is 0.494 e. The van der Waals surface area contributed by atoms with Gasteiger partial charge in [0.1, 0.15) is 12.3 Å². The molecule has 6 nitrogen and oxygen atoms in total. The Hall–Kier alpha value is -1.76. The molecule has 0 radical (unpaired) electrons. The highest BCUT2D eigenvalue weighted by Gasteiger charge is 2.22. The van der Waals surface area contributed by atoms with E-state index in [1.54, 1.807) is 24.3 Å². The lowest BCUT2D eigenvalue weighted by atomic mass is 10.1. The second-order valence-electron chi connectivity index (χ2n) is 6.21. The van der Waals surface area contributed by atoms with Crippen LogP contribution in [0, 0.1) is 5.92 Å². The van der Waals surface area contributed by atoms with Gasteiger partial charge in [0.25, 0.3) is 0 Å². The van der Waals surface area contributed by atoms with Gasteiger partial charge in [-0.1, -0.05) is 20.8 Å². The quantitative estimate of drug-likeness (QED) is 0.737. The van der Waals surface area contributed by atoms with Crippen molar-refractivity contribution in [2.24, 2.45) is 5.92 Å². The average Bonchev–Trinajstić information content (AvgIpc) is 2.50. The van der Waals surface area contributed by atoms with Gasteiger partial charge in [0.2, 0.25) is 15.9 Å². The molecule has 136 valence electrons. The highest BCUT2D eigenvalue weighted by Crippen LogP contribution is 2.21. The third kappa shape index (κ3) is 6.39. The van der Waals surface area contributed by atoms with Gasteiger partial charge in [-0.25, -0.2) is 8.42 Å². The standard InChI is InChI=1S/C17H28N2O4S/c1-6-11-23-16-9-7-15(8-10-16)19(24(5,21)22)12-17(20)18-14(4)13(2)3/h7-10,13-14H,6,11-12H2,1-5H3,(H,18,20)/t14-/m0/s1. The number of amides is 1. The van der Waals surface area contributed by atoms with Crippen molar-refractivity contribution in [3.8, 4) is 5.75 Å². The van der Waals surface area contributed by atoms with E-state index in [1.165, 1.54) is 0 Å². The van der Waals surface area contributed by atoms with E-state index in [-0.39, 0.29) is 24.4 Å². The second kappa shape index (κ2) is 8.92. The minimum atomic E-state index is -3.57. The number of nitrogens with one attached hydrogen (secondary N) is 1. The van der Waals surface area contributed by atoms with E-state index in [0.717, 1.165) is 17.0 Å². The molecule has 0 fully saturated rings. The van der Waals surface area contributed by atoms with Gasteiger partial charge in [-0.3, -0.25) is 9.10 Å². The molecule has 0 aromatic heterocycles. The van der Waals surface area contributed by atoms with E-state index < -0.39 is 10.0 Å². The molecule has 24 heavy (non-hydrogen) atoms. The van der Waals surface area contributed by atoms with Crippen LogP contribution >= 0.6 is 0 Å². The van der Waals surface area contributed by atoms with Crippen LogP contribution in [0.1, 0.15) is 34.1 Å². The number of anilines is 1. The number of ether oxygens (including phenoxy) is 1. The molecule has 0 saturated carbocycles. The molecule has 1 aromatic rings. The van der Waals surface area contributed by atoms with E-state index in [0.29, 0.717) is 18.0 Å². The number of hydrogen-bond donors (Lipinski definition) is 1. The zero-order valence-corrected chi connectivity index (χ0v) is 15.9. The molecule has 1 rings (SSSR count). The minimum Gasteiger partial charge on any atom is -0.494 e. The average molecular weight is 356 g/mol. The Labute approximate surface area is 145 Å². The maximum Gasteiger partial charge on any atom is 0.240 e. The molecule has 0 heterocycles. The third-order valence-corrected chi connectivity index (χ3v) is 4.81. The van der Waals surface area contributed by atoms with Crippen LogP contribution < -0.4 is 14.4 Å². The highest BCUT2D eigenvalue weighted by atomic mass is 32.2. The Morgan fingerprint density at radius 2 is 1.79 bits per heavy atom. The zero-order chi connectivity index (χ0) is 18.3. The first-order chi connectivity index (χ1) is 11.1. The van der Waals surface area contributed by atoms with Crippen LogP contribution in [0.15, 0.2) is 24.3 Å². The van der Waals surface area contributed by atoms with Gasteiger partial charge in [0.05, 0.1) is 18.6 Å². The Bertz CT molecular complexity index is 626. The summed E-state index contributed by atoms with van der Waals surface area (Å²) in [5, 5.41) is 2.82. The number of sulfonamides is 1. The zero-order valence-electron chi connectivity index (χ0n) is 15.1. The number of rotatable bonds is 9. The fraction of sp³-hybridized carbons (Fsp3) is 0.588. The summed E-state index contributed by atoms with van der Waals surface area (Å²) in [7, 11) is -3.57. The number of benzene rings is 1. The van der Waals surface area contributed by atoms with Crippen LogP contribution in [-0.4, -0.2) is 39.8 Å². The molecule has 0 spiro atoms.